The SMILES string of the molecule is c1cc2c3c(c1)-n1cc(-c4ccc5ccccn45)c[n+]1C31c3c4c(cc5c6ccccc6n(c35)-c3cccc[n+]31)c1ccccc1n4-2. The second kappa shape index (κ2) is 7.35. The number of fused-ring (bicyclic) bond motifs is 12. The van der Waals surface area contributed by atoms with Crippen LogP contribution in [0.5, 0.6) is 0 Å². The molecular formula is C41H24N6+2. The molecule has 0 saturated carbocycles. The summed E-state index contributed by atoms with van der Waals surface area (Å²) in [7, 11) is 0. The van der Waals surface area contributed by atoms with Crippen molar-refractivity contribution in [1.82, 2.24) is 18.2 Å². The van der Waals surface area contributed by atoms with E-state index in [1.807, 2.05) is 0 Å². The summed E-state index contributed by atoms with van der Waals surface area (Å²) in [6.07, 6.45) is 9.16. The lowest BCUT2D eigenvalue weighted by molar-refractivity contribution is -0.993. The molecule has 6 aromatic heterocycles. The van der Waals surface area contributed by atoms with Crippen LogP contribution in [0.25, 0.3) is 77.6 Å². The molecule has 0 saturated heterocycles. The van der Waals surface area contributed by atoms with Crippen LogP contribution in [-0.4, -0.2) is 18.2 Å². The molecule has 0 N–H and O–H groups in total. The first-order valence-corrected chi connectivity index (χ1v) is 16.2. The molecule has 4 aromatic carbocycles. The van der Waals surface area contributed by atoms with Crippen molar-refractivity contribution in [2.45, 2.75) is 5.66 Å². The van der Waals surface area contributed by atoms with Crippen LogP contribution in [0.4, 0.5) is 0 Å². The molecule has 1 unspecified atom stereocenters. The smallest absolute Gasteiger partial charge is 0.316 e. The monoisotopic (exact) mass is 600 g/mol. The van der Waals surface area contributed by atoms with E-state index in [1.54, 1.807) is 0 Å². The van der Waals surface area contributed by atoms with Crippen molar-refractivity contribution < 1.29 is 9.25 Å². The van der Waals surface area contributed by atoms with E-state index in [4.69, 9.17) is 0 Å². The van der Waals surface area contributed by atoms with Gasteiger partial charge in [0.25, 0.3) is 5.82 Å². The van der Waals surface area contributed by atoms with Gasteiger partial charge in [-0.15, -0.1) is 4.68 Å². The number of nitrogens with zero attached hydrogens (tertiary/aromatic N) is 6. The lowest BCUT2D eigenvalue weighted by Gasteiger charge is -2.32. The Morgan fingerprint density at radius 3 is 2.19 bits per heavy atom. The lowest BCUT2D eigenvalue weighted by atomic mass is 9.82. The maximum absolute atomic E-state index is 2.54. The summed E-state index contributed by atoms with van der Waals surface area (Å²) >= 11 is 0. The standard InChI is InChI=1S/C41H24N6/c1-3-13-32-27(11-1)29-22-30-28-12-2-4-14-33(28)47-36-17-6-8-21-43(36)41-37-34(15-9-16-35(37)46(32)39(29)38(41)40(30)47)44-23-25(24-45(41)44)31-19-18-26-10-5-7-20-42(26)31/h1-24H/q+2. The van der Waals surface area contributed by atoms with Gasteiger partial charge in [-0.2, -0.15) is 9.13 Å². The van der Waals surface area contributed by atoms with Crippen LogP contribution in [0.1, 0.15) is 11.1 Å². The van der Waals surface area contributed by atoms with Gasteiger partial charge in [0.1, 0.15) is 22.3 Å². The molecule has 0 bridgehead atoms. The van der Waals surface area contributed by atoms with Crippen LogP contribution in [0, 0.1) is 0 Å². The Kier molecular flexibility index (Phi) is 3.60. The van der Waals surface area contributed by atoms with Gasteiger partial charge in [0.15, 0.2) is 5.52 Å². The molecule has 0 fully saturated rings. The minimum absolute atomic E-state index is 0.652. The molecule has 9 heterocycles. The number of pyridine rings is 2. The first kappa shape index (κ1) is 23.0. The average Bonchev–Trinajstić information content (AvgIpc) is 3.93. The predicted molar refractivity (Wildman–Crippen MR) is 183 cm³/mol. The number of para-hydroxylation sites is 2. The second-order valence-corrected chi connectivity index (χ2v) is 13.1. The van der Waals surface area contributed by atoms with Crippen molar-refractivity contribution in [2.24, 2.45) is 0 Å². The van der Waals surface area contributed by atoms with E-state index in [0.717, 1.165) is 5.82 Å². The minimum Gasteiger partial charge on any atom is -0.316 e. The number of hydrogen-bond donors (Lipinski definition) is 0. The van der Waals surface area contributed by atoms with Crippen molar-refractivity contribution in [1.29, 1.82) is 0 Å². The van der Waals surface area contributed by atoms with Gasteiger partial charge < -0.3 is 8.97 Å². The van der Waals surface area contributed by atoms with Gasteiger partial charge in [-0.05, 0) is 66.7 Å². The highest BCUT2D eigenvalue weighted by Crippen LogP contribution is 2.54. The third kappa shape index (κ3) is 2.28. The Morgan fingerprint density at radius 2 is 1.32 bits per heavy atom. The van der Waals surface area contributed by atoms with E-state index >= 15 is 0 Å². The Labute approximate surface area is 267 Å². The fourth-order valence-corrected chi connectivity index (χ4v) is 9.53. The molecule has 0 radical (unpaired) electrons. The van der Waals surface area contributed by atoms with Crippen LogP contribution in [0.15, 0.2) is 146 Å². The zero-order valence-corrected chi connectivity index (χ0v) is 25.0. The van der Waals surface area contributed by atoms with Gasteiger partial charge in [0.2, 0.25) is 6.20 Å². The van der Waals surface area contributed by atoms with Crippen LogP contribution < -0.4 is 9.25 Å². The van der Waals surface area contributed by atoms with Crippen molar-refractivity contribution in [2.75, 3.05) is 0 Å². The summed E-state index contributed by atoms with van der Waals surface area (Å²) in [4.78, 5) is 0. The quantitative estimate of drug-likeness (QED) is 0.176. The maximum atomic E-state index is 2.54. The lowest BCUT2D eigenvalue weighted by Crippen LogP contribution is -2.76. The van der Waals surface area contributed by atoms with Crippen molar-refractivity contribution in [3.63, 3.8) is 0 Å². The van der Waals surface area contributed by atoms with E-state index in [1.165, 1.54) is 82.9 Å². The Hall–Kier alpha value is -6.40. The number of benzene rings is 4. The molecule has 3 aliphatic heterocycles. The van der Waals surface area contributed by atoms with E-state index < -0.39 is 5.66 Å². The summed E-state index contributed by atoms with van der Waals surface area (Å²) in [6.45, 7) is 0. The molecule has 47 heavy (non-hydrogen) atoms. The summed E-state index contributed by atoms with van der Waals surface area (Å²) in [5, 5.41) is 5.16. The highest BCUT2D eigenvalue weighted by molar-refractivity contribution is 6.22. The van der Waals surface area contributed by atoms with Gasteiger partial charge >= 0.3 is 5.66 Å². The van der Waals surface area contributed by atoms with E-state index in [2.05, 4.69) is 174 Å². The zero-order chi connectivity index (χ0) is 30.2. The zero-order valence-electron chi connectivity index (χ0n) is 25.0. The van der Waals surface area contributed by atoms with Gasteiger partial charge in [0.05, 0.1) is 40.4 Å². The van der Waals surface area contributed by atoms with E-state index in [9.17, 15) is 0 Å². The number of hydrogen-bond acceptors (Lipinski definition) is 0. The fraction of sp³-hybridized carbons (Fsp3) is 0.0244. The molecule has 0 aliphatic carbocycles. The van der Waals surface area contributed by atoms with Crippen LogP contribution in [0.3, 0.4) is 0 Å². The number of rotatable bonds is 1. The Balaban J connectivity index is 1.32. The predicted octanol–water partition coefficient (Wildman–Crippen LogP) is 7.40. The number of aromatic nitrogens is 6. The van der Waals surface area contributed by atoms with Crippen LogP contribution in [-0.2, 0) is 5.66 Å². The third-order valence-electron chi connectivity index (χ3n) is 11.2. The second-order valence-electron chi connectivity index (χ2n) is 13.1. The van der Waals surface area contributed by atoms with Crippen molar-refractivity contribution in [3.8, 4) is 28.5 Å². The van der Waals surface area contributed by atoms with Gasteiger partial charge in [0, 0.05) is 39.3 Å². The topological polar surface area (TPSA) is 27.0 Å². The summed E-state index contributed by atoms with van der Waals surface area (Å²) in [5.41, 5.74) is 13.0. The van der Waals surface area contributed by atoms with E-state index in [0.29, 0.717) is 0 Å². The molecule has 1 atom stereocenters. The Morgan fingerprint density at radius 1 is 0.574 bits per heavy atom. The molecule has 216 valence electrons. The molecule has 1 spiro atoms. The van der Waals surface area contributed by atoms with Crippen molar-refractivity contribution >= 4 is 49.1 Å². The van der Waals surface area contributed by atoms with Gasteiger partial charge in [-0.1, -0.05) is 53.2 Å². The molecule has 0 amide bonds. The third-order valence-corrected chi connectivity index (χ3v) is 11.2. The fourth-order valence-electron chi connectivity index (χ4n) is 9.53. The first-order chi connectivity index (χ1) is 23.3. The Bertz CT molecular complexity index is 3060. The molecule has 10 aromatic rings. The van der Waals surface area contributed by atoms with E-state index in [-0.39, 0.29) is 0 Å². The largest absolute Gasteiger partial charge is 0.394 e. The van der Waals surface area contributed by atoms with Crippen molar-refractivity contribution in [3.05, 3.63) is 157 Å². The maximum Gasteiger partial charge on any atom is 0.394 e. The summed E-state index contributed by atoms with van der Waals surface area (Å²) < 4.78 is 14.8. The average molecular weight is 601 g/mol. The normalized spacial score (nSPS) is 16.6. The summed E-state index contributed by atoms with van der Waals surface area (Å²) in [5.74, 6) is 1.16. The van der Waals surface area contributed by atoms with Crippen LogP contribution in [0.2, 0.25) is 0 Å². The highest BCUT2D eigenvalue weighted by Gasteiger charge is 2.68. The first-order valence-electron chi connectivity index (χ1n) is 16.2. The van der Waals surface area contributed by atoms with Crippen LogP contribution >= 0.6 is 0 Å². The minimum atomic E-state index is -0.652. The molecule has 13 rings (SSSR count). The highest BCUT2D eigenvalue weighted by atomic mass is 15.5. The molecule has 6 nitrogen and oxygen atoms in total. The van der Waals surface area contributed by atoms with Gasteiger partial charge in [-0.25, -0.2) is 0 Å². The summed E-state index contributed by atoms with van der Waals surface area (Å²) in [6, 6.07) is 44.6. The molecular weight excluding hydrogens is 576 g/mol. The molecule has 3 aliphatic rings. The molecule has 6 heteroatoms. The van der Waals surface area contributed by atoms with Gasteiger partial charge in [-0.3, -0.25) is 0 Å².